The van der Waals surface area contributed by atoms with Crippen LogP contribution in [0.15, 0.2) is 18.2 Å². The minimum absolute atomic E-state index is 0.0972. The molecule has 0 aliphatic rings. The maximum Gasteiger partial charge on any atom is 0.273 e. The minimum atomic E-state index is -0.624. The Kier molecular flexibility index (Phi) is 4.67. The van der Waals surface area contributed by atoms with E-state index >= 15 is 0 Å². The Balaban J connectivity index is 2.74. The average molecular weight is 281 g/mol. The van der Waals surface area contributed by atoms with E-state index in [9.17, 15) is 20.0 Å². The first kappa shape index (κ1) is 15.9. The number of carbonyl (C=O) groups excluding carboxylic acids is 1. The first-order valence-corrected chi connectivity index (χ1v) is 6.14. The number of amides is 1. The highest BCUT2D eigenvalue weighted by molar-refractivity contribution is 5.92. The van der Waals surface area contributed by atoms with Gasteiger partial charge in [0.15, 0.2) is 0 Å². The van der Waals surface area contributed by atoms with E-state index in [2.05, 4.69) is 5.32 Å². The first-order valence-electron chi connectivity index (χ1n) is 6.14. The Morgan fingerprint density at radius 1 is 1.50 bits per heavy atom. The maximum atomic E-state index is 11.8. The molecule has 7 heteroatoms. The van der Waals surface area contributed by atoms with E-state index in [0.29, 0.717) is 0 Å². The van der Waals surface area contributed by atoms with Gasteiger partial charge in [-0.2, -0.15) is 0 Å². The molecule has 1 unspecified atom stereocenters. The molecule has 1 rings (SSSR count). The number of nitro groups is 1. The smallest absolute Gasteiger partial charge is 0.273 e. The van der Waals surface area contributed by atoms with Gasteiger partial charge in [0.05, 0.1) is 16.7 Å². The summed E-state index contributed by atoms with van der Waals surface area (Å²) in [6, 6.07) is 3.15. The standard InChI is InChI=1S/C13H19N3O4/c1-13(2,3)11(14)7-12(18)15-9-5-4-8(16(19)20)6-10(9)17/h4-6,11,17H,7,14H2,1-3H3,(H,15,18). The third kappa shape index (κ3) is 4.20. The molecule has 20 heavy (non-hydrogen) atoms. The highest BCUT2D eigenvalue weighted by atomic mass is 16.6. The molecule has 4 N–H and O–H groups in total. The summed E-state index contributed by atoms with van der Waals surface area (Å²) < 4.78 is 0. The summed E-state index contributed by atoms with van der Waals surface area (Å²) in [6.07, 6.45) is 0.0972. The van der Waals surface area contributed by atoms with Crippen molar-refractivity contribution < 1.29 is 14.8 Å². The lowest BCUT2D eigenvalue weighted by atomic mass is 9.85. The molecule has 0 fully saturated rings. The lowest BCUT2D eigenvalue weighted by molar-refractivity contribution is -0.384. The Morgan fingerprint density at radius 3 is 2.55 bits per heavy atom. The number of benzene rings is 1. The molecule has 0 aromatic heterocycles. The molecule has 7 nitrogen and oxygen atoms in total. The molecule has 1 aromatic rings. The molecule has 0 saturated carbocycles. The van der Waals surface area contributed by atoms with Crippen molar-refractivity contribution in [3.63, 3.8) is 0 Å². The van der Waals surface area contributed by atoms with Crippen molar-refractivity contribution in [1.82, 2.24) is 0 Å². The molecule has 0 heterocycles. The van der Waals surface area contributed by atoms with Crippen LogP contribution < -0.4 is 11.1 Å². The molecule has 1 aromatic carbocycles. The van der Waals surface area contributed by atoms with Crippen molar-refractivity contribution >= 4 is 17.3 Å². The number of phenols is 1. The van der Waals surface area contributed by atoms with E-state index in [4.69, 9.17) is 5.73 Å². The number of rotatable bonds is 4. The van der Waals surface area contributed by atoms with Gasteiger partial charge in [-0.25, -0.2) is 0 Å². The van der Waals surface area contributed by atoms with Gasteiger partial charge in [-0.05, 0) is 11.5 Å². The van der Waals surface area contributed by atoms with Crippen molar-refractivity contribution in [3.8, 4) is 5.75 Å². The van der Waals surface area contributed by atoms with Crippen LogP contribution in [0.1, 0.15) is 27.2 Å². The molecule has 0 radical (unpaired) electrons. The van der Waals surface area contributed by atoms with Gasteiger partial charge >= 0.3 is 0 Å². The predicted molar refractivity (Wildman–Crippen MR) is 75.4 cm³/mol. The summed E-state index contributed by atoms with van der Waals surface area (Å²) in [5, 5.41) is 22.7. The van der Waals surface area contributed by atoms with E-state index in [0.717, 1.165) is 6.07 Å². The molecule has 0 aliphatic heterocycles. The monoisotopic (exact) mass is 281 g/mol. The fraction of sp³-hybridized carbons (Fsp3) is 0.462. The number of nitrogens with two attached hydrogens (primary N) is 1. The van der Waals surface area contributed by atoms with Crippen LogP contribution >= 0.6 is 0 Å². The van der Waals surface area contributed by atoms with Gasteiger partial charge in [0.2, 0.25) is 5.91 Å². The quantitative estimate of drug-likeness (QED) is 0.443. The van der Waals surface area contributed by atoms with Crippen LogP contribution in [0.2, 0.25) is 0 Å². The molecule has 1 amide bonds. The van der Waals surface area contributed by atoms with E-state index in [1.165, 1.54) is 12.1 Å². The number of nitrogens with one attached hydrogen (secondary N) is 1. The summed E-state index contributed by atoms with van der Waals surface area (Å²) in [7, 11) is 0. The first-order chi connectivity index (χ1) is 9.11. The number of carbonyl (C=O) groups is 1. The van der Waals surface area contributed by atoms with Crippen LogP contribution in [0, 0.1) is 15.5 Å². The van der Waals surface area contributed by atoms with Crippen molar-refractivity contribution in [2.24, 2.45) is 11.1 Å². The molecule has 1 atom stereocenters. The van der Waals surface area contributed by atoms with Crippen LogP contribution in [0.3, 0.4) is 0 Å². The van der Waals surface area contributed by atoms with Crippen molar-refractivity contribution in [2.45, 2.75) is 33.2 Å². The summed E-state index contributed by atoms with van der Waals surface area (Å²) in [6.45, 7) is 5.77. The van der Waals surface area contributed by atoms with Gasteiger partial charge in [0.25, 0.3) is 5.69 Å². The highest BCUT2D eigenvalue weighted by Gasteiger charge is 2.23. The van der Waals surface area contributed by atoms with E-state index in [1.807, 2.05) is 20.8 Å². The van der Waals surface area contributed by atoms with Gasteiger partial charge in [0, 0.05) is 18.5 Å². The van der Waals surface area contributed by atoms with E-state index in [-0.39, 0.29) is 40.9 Å². The third-order valence-electron chi connectivity index (χ3n) is 2.98. The second-order valence-electron chi connectivity index (χ2n) is 5.68. The molecule has 110 valence electrons. The van der Waals surface area contributed by atoms with Crippen LogP contribution in [0.25, 0.3) is 0 Å². The highest BCUT2D eigenvalue weighted by Crippen LogP contribution is 2.28. The molecular formula is C13H19N3O4. The van der Waals surface area contributed by atoms with E-state index < -0.39 is 4.92 Å². The van der Waals surface area contributed by atoms with Gasteiger partial charge in [-0.15, -0.1) is 0 Å². The number of aromatic hydroxyl groups is 1. The van der Waals surface area contributed by atoms with Crippen LogP contribution in [0.4, 0.5) is 11.4 Å². The fourth-order valence-electron chi connectivity index (χ4n) is 1.45. The Hall–Kier alpha value is -2.15. The zero-order chi connectivity index (χ0) is 15.5. The van der Waals surface area contributed by atoms with Crippen LogP contribution in [0.5, 0.6) is 5.75 Å². The summed E-state index contributed by atoms with van der Waals surface area (Å²) in [5.74, 6) is -0.701. The number of non-ortho nitro benzene ring substituents is 1. The van der Waals surface area contributed by atoms with Crippen LogP contribution in [-0.2, 0) is 4.79 Å². The molecule has 0 spiro atoms. The van der Waals surface area contributed by atoms with Gasteiger partial charge in [-0.1, -0.05) is 20.8 Å². The SMILES string of the molecule is CC(C)(C)C(N)CC(=O)Nc1ccc([N+](=O)[O-])cc1O. The number of nitrogens with zero attached hydrogens (tertiary/aromatic N) is 1. The second kappa shape index (κ2) is 5.87. The number of hydrogen-bond acceptors (Lipinski definition) is 5. The van der Waals surface area contributed by atoms with Crippen molar-refractivity contribution in [3.05, 3.63) is 28.3 Å². The lowest BCUT2D eigenvalue weighted by Crippen LogP contribution is -2.38. The summed E-state index contributed by atoms with van der Waals surface area (Å²) >= 11 is 0. The average Bonchev–Trinajstić information content (AvgIpc) is 2.30. The van der Waals surface area contributed by atoms with Gasteiger partial charge < -0.3 is 16.2 Å². The molecule has 0 aliphatic carbocycles. The Labute approximate surface area is 116 Å². The summed E-state index contributed by atoms with van der Waals surface area (Å²) in [5.41, 5.74) is 5.56. The second-order valence-corrected chi connectivity index (χ2v) is 5.68. The molecule has 0 saturated heterocycles. The Morgan fingerprint density at radius 2 is 2.10 bits per heavy atom. The number of hydrogen-bond donors (Lipinski definition) is 3. The van der Waals surface area contributed by atoms with Crippen molar-refractivity contribution in [2.75, 3.05) is 5.32 Å². The largest absolute Gasteiger partial charge is 0.506 e. The topological polar surface area (TPSA) is 118 Å². The Bertz CT molecular complexity index is 523. The van der Waals surface area contributed by atoms with Crippen LogP contribution in [-0.4, -0.2) is 22.0 Å². The third-order valence-corrected chi connectivity index (χ3v) is 2.98. The maximum absolute atomic E-state index is 11.8. The van der Waals surface area contributed by atoms with E-state index in [1.54, 1.807) is 0 Å². The van der Waals surface area contributed by atoms with Gasteiger partial charge in [-0.3, -0.25) is 14.9 Å². The number of anilines is 1. The normalized spacial score (nSPS) is 12.8. The van der Waals surface area contributed by atoms with Gasteiger partial charge in [0.1, 0.15) is 5.75 Å². The molecular weight excluding hydrogens is 262 g/mol. The zero-order valence-electron chi connectivity index (χ0n) is 11.7. The number of phenolic OH excluding ortho intramolecular Hbond substituents is 1. The minimum Gasteiger partial charge on any atom is -0.506 e. The molecule has 0 bridgehead atoms. The predicted octanol–water partition coefficient (Wildman–Crippen LogP) is 2.00. The fourth-order valence-corrected chi connectivity index (χ4v) is 1.45. The zero-order valence-corrected chi connectivity index (χ0v) is 11.7. The number of nitro benzene ring substituents is 1. The van der Waals surface area contributed by atoms with Crippen molar-refractivity contribution in [1.29, 1.82) is 0 Å². The summed E-state index contributed by atoms with van der Waals surface area (Å²) in [4.78, 5) is 21.7. The lowest BCUT2D eigenvalue weighted by Gasteiger charge is -2.26.